The van der Waals surface area contributed by atoms with Crippen molar-refractivity contribution in [1.82, 2.24) is 0 Å². The molecule has 0 aromatic heterocycles. The third-order valence-electron chi connectivity index (χ3n) is 4.25. The lowest BCUT2D eigenvalue weighted by atomic mass is 9.61. The number of hydrogen-bond acceptors (Lipinski definition) is 2. The maximum absolute atomic E-state index is 11.4. The zero-order chi connectivity index (χ0) is 11.9. The highest BCUT2D eigenvalue weighted by Crippen LogP contribution is 2.51. The summed E-state index contributed by atoms with van der Waals surface area (Å²) < 4.78 is 5.49. The van der Waals surface area contributed by atoms with Crippen molar-refractivity contribution in [2.24, 2.45) is 17.3 Å². The van der Waals surface area contributed by atoms with Crippen molar-refractivity contribution in [1.29, 1.82) is 0 Å². The molecular formula is C14H20O2. The van der Waals surface area contributed by atoms with Gasteiger partial charge < -0.3 is 4.74 Å². The Labute approximate surface area is 97.4 Å². The summed E-state index contributed by atoms with van der Waals surface area (Å²) in [6, 6.07) is 0. The molecule has 16 heavy (non-hydrogen) atoms. The van der Waals surface area contributed by atoms with E-state index in [-0.39, 0.29) is 23.4 Å². The Kier molecular flexibility index (Phi) is 2.69. The zero-order valence-electron chi connectivity index (χ0n) is 10.2. The van der Waals surface area contributed by atoms with E-state index in [0.717, 1.165) is 18.4 Å². The van der Waals surface area contributed by atoms with Gasteiger partial charge in [0.15, 0.2) is 0 Å². The van der Waals surface area contributed by atoms with Gasteiger partial charge in [-0.05, 0) is 25.2 Å². The van der Waals surface area contributed by atoms with E-state index in [0.29, 0.717) is 12.3 Å². The van der Waals surface area contributed by atoms with Crippen LogP contribution in [0.5, 0.6) is 0 Å². The standard InChI is InChI=1S/C14H20O2/c1-5-14(4)7-6-10-8-11(15)16-13(10)12(14)9(2)3/h5,10,12-13H,1-2,6-8H2,3-4H3/t10-,12+,13-,14+/m0/s1. The Morgan fingerprint density at radius 3 is 2.88 bits per heavy atom. The summed E-state index contributed by atoms with van der Waals surface area (Å²) in [5.74, 6) is 0.576. The van der Waals surface area contributed by atoms with Gasteiger partial charge in [-0.2, -0.15) is 0 Å². The van der Waals surface area contributed by atoms with Crippen LogP contribution in [0.3, 0.4) is 0 Å². The van der Waals surface area contributed by atoms with Gasteiger partial charge in [0.1, 0.15) is 6.10 Å². The van der Waals surface area contributed by atoms with Crippen LogP contribution in [-0.4, -0.2) is 12.1 Å². The fourth-order valence-corrected chi connectivity index (χ4v) is 3.33. The Morgan fingerprint density at radius 2 is 2.31 bits per heavy atom. The number of hydrogen-bond donors (Lipinski definition) is 0. The average Bonchev–Trinajstić information content (AvgIpc) is 2.57. The van der Waals surface area contributed by atoms with Crippen LogP contribution in [0.15, 0.2) is 24.8 Å². The molecule has 1 saturated heterocycles. The molecule has 88 valence electrons. The highest BCUT2D eigenvalue weighted by molar-refractivity contribution is 5.72. The summed E-state index contributed by atoms with van der Waals surface area (Å²) >= 11 is 0. The Balaban J connectivity index is 2.33. The van der Waals surface area contributed by atoms with E-state index in [4.69, 9.17) is 4.74 Å². The summed E-state index contributed by atoms with van der Waals surface area (Å²) in [5.41, 5.74) is 1.13. The highest BCUT2D eigenvalue weighted by Gasteiger charge is 2.50. The van der Waals surface area contributed by atoms with Crippen molar-refractivity contribution >= 4 is 5.97 Å². The second kappa shape index (κ2) is 3.76. The Bertz CT molecular complexity index is 345. The third kappa shape index (κ3) is 1.60. The first kappa shape index (κ1) is 11.4. The second-order valence-electron chi connectivity index (χ2n) is 5.49. The minimum atomic E-state index is -0.0467. The summed E-state index contributed by atoms with van der Waals surface area (Å²) in [4.78, 5) is 11.4. The molecule has 1 saturated carbocycles. The fourth-order valence-electron chi connectivity index (χ4n) is 3.33. The Morgan fingerprint density at radius 1 is 1.62 bits per heavy atom. The molecule has 0 aromatic rings. The smallest absolute Gasteiger partial charge is 0.306 e. The molecule has 2 nitrogen and oxygen atoms in total. The maximum atomic E-state index is 11.4. The van der Waals surface area contributed by atoms with Crippen molar-refractivity contribution in [3.63, 3.8) is 0 Å². The van der Waals surface area contributed by atoms with Gasteiger partial charge in [-0.15, -0.1) is 6.58 Å². The monoisotopic (exact) mass is 220 g/mol. The summed E-state index contributed by atoms with van der Waals surface area (Å²) in [5, 5.41) is 0. The fraction of sp³-hybridized carbons (Fsp3) is 0.643. The van der Waals surface area contributed by atoms with Crippen LogP contribution in [0.1, 0.15) is 33.1 Å². The van der Waals surface area contributed by atoms with Crippen LogP contribution in [0, 0.1) is 17.3 Å². The lowest BCUT2D eigenvalue weighted by Crippen LogP contribution is -2.43. The minimum Gasteiger partial charge on any atom is -0.461 e. The average molecular weight is 220 g/mol. The number of allylic oxidation sites excluding steroid dienone is 1. The van der Waals surface area contributed by atoms with E-state index in [1.165, 1.54) is 0 Å². The predicted molar refractivity (Wildman–Crippen MR) is 63.8 cm³/mol. The molecule has 0 radical (unpaired) electrons. The molecule has 0 aromatic carbocycles. The van der Waals surface area contributed by atoms with E-state index >= 15 is 0 Å². The number of fused-ring (bicyclic) bond motifs is 1. The number of carbonyl (C=O) groups is 1. The Hall–Kier alpha value is -1.05. The van der Waals surface area contributed by atoms with Crippen molar-refractivity contribution in [2.45, 2.75) is 39.2 Å². The van der Waals surface area contributed by atoms with E-state index in [2.05, 4.69) is 20.1 Å². The van der Waals surface area contributed by atoms with Gasteiger partial charge >= 0.3 is 5.97 Å². The van der Waals surface area contributed by atoms with Crippen LogP contribution in [0.2, 0.25) is 0 Å². The van der Waals surface area contributed by atoms with E-state index in [1.807, 2.05) is 13.0 Å². The van der Waals surface area contributed by atoms with Crippen molar-refractivity contribution in [2.75, 3.05) is 0 Å². The van der Waals surface area contributed by atoms with Crippen LogP contribution in [0.25, 0.3) is 0 Å². The molecule has 1 heterocycles. The molecule has 0 bridgehead atoms. The molecule has 0 unspecified atom stereocenters. The van der Waals surface area contributed by atoms with E-state index in [1.54, 1.807) is 0 Å². The zero-order valence-corrected chi connectivity index (χ0v) is 10.2. The molecule has 0 spiro atoms. The number of ether oxygens (including phenoxy) is 1. The highest BCUT2D eigenvalue weighted by atomic mass is 16.6. The first-order chi connectivity index (χ1) is 7.48. The van der Waals surface area contributed by atoms with Crippen molar-refractivity contribution < 1.29 is 9.53 Å². The SMILES string of the molecule is C=C[C@]1(C)CC[C@H]2CC(=O)O[C@@H]2[C@H]1C(=C)C. The lowest BCUT2D eigenvalue weighted by Gasteiger charge is -2.45. The normalized spacial score (nSPS) is 42.4. The van der Waals surface area contributed by atoms with Gasteiger partial charge in [0.2, 0.25) is 0 Å². The minimum absolute atomic E-state index is 0.0254. The molecule has 2 rings (SSSR count). The topological polar surface area (TPSA) is 26.3 Å². The quantitative estimate of drug-likeness (QED) is 0.528. The van der Waals surface area contributed by atoms with E-state index < -0.39 is 0 Å². The van der Waals surface area contributed by atoms with Crippen molar-refractivity contribution in [3.05, 3.63) is 24.8 Å². The molecule has 0 amide bonds. The van der Waals surface area contributed by atoms with E-state index in [9.17, 15) is 4.79 Å². The van der Waals surface area contributed by atoms with Gasteiger partial charge in [-0.1, -0.05) is 25.2 Å². The summed E-state index contributed by atoms with van der Waals surface area (Å²) in [7, 11) is 0. The van der Waals surface area contributed by atoms with Gasteiger partial charge in [0.05, 0.1) is 6.42 Å². The van der Waals surface area contributed by atoms with Crippen LogP contribution in [0.4, 0.5) is 0 Å². The number of esters is 1. The van der Waals surface area contributed by atoms with Gasteiger partial charge in [-0.3, -0.25) is 4.79 Å². The summed E-state index contributed by atoms with van der Waals surface area (Å²) in [6.45, 7) is 12.2. The molecule has 4 atom stereocenters. The number of rotatable bonds is 2. The molecule has 0 N–H and O–H groups in total. The van der Waals surface area contributed by atoms with Crippen molar-refractivity contribution in [3.8, 4) is 0 Å². The molecule has 2 heteroatoms. The lowest BCUT2D eigenvalue weighted by molar-refractivity contribution is -0.145. The van der Waals surface area contributed by atoms with Gasteiger partial charge in [0, 0.05) is 11.8 Å². The second-order valence-corrected chi connectivity index (χ2v) is 5.49. The van der Waals surface area contributed by atoms with Crippen LogP contribution in [-0.2, 0) is 9.53 Å². The molecule has 2 aliphatic rings. The van der Waals surface area contributed by atoms with Crippen LogP contribution < -0.4 is 0 Å². The molecular weight excluding hydrogens is 200 g/mol. The molecule has 1 aliphatic heterocycles. The molecule has 1 aliphatic carbocycles. The largest absolute Gasteiger partial charge is 0.461 e. The maximum Gasteiger partial charge on any atom is 0.306 e. The predicted octanol–water partition coefficient (Wildman–Crippen LogP) is 3.10. The number of carbonyl (C=O) groups excluding carboxylic acids is 1. The van der Waals surface area contributed by atoms with Gasteiger partial charge in [0.25, 0.3) is 0 Å². The van der Waals surface area contributed by atoms with Crippen LogP contribution >= 0.6 is 0 Å². The first-order valence-corrected chi connectivity index (χ1v) is 5.96. The summed E-state index contributed by atoms with van der Waals surface area (Å²) in [6.07, 6.45) is 4.76. The third-order valence-corrected chi connectivity index (χ3v) is 4.25. The first-order valence-electron chi connectivity index (χ1n) is 5.96. The molecule has 2 fully saturated rings. The van der Waals surface area contributed by atoms with Gasteiger partial charge in [-0.25, -0.2) is 0 Å².